The van der Waals surface area contributed by atoms with Crippen molar-refractivity contribution in [1.82, 2.24) is 0 Å². The summed E-state index contributed by atoms with van der Waals surface area (Å²) < 4.78 is 26.1. The number of hydrogen-bond acceptors (Lipinski definition) is 3. The third kappa shape index (κ3) is 4.89. The van der Waals surface area contributed by atoms with Crippen LogP contribution in [0.25, 0.3) is 0 Å². The first-order chi connectivity index (χ1) is 12.4. The fraction of sp³-hybridized carbons (Fsp3) is 0.381. The van der Waals surface area contributed by atoms with E-state index in [1.54, 1.807) is 19.1 Å². The van der Waals surface area contributed by atoms with E-state index in [2.05, 4.69) is 5.32 Å². The van der Waals surface area contributed by atoms with Gasteiger partial charge in [-0.3, -0.25) is 9.10 Å². The average Bonchev–Trinajstić information content (AvgIpc) is 2.48. The molecule has 0 saturated heterocycles. The highest BCUT2D eigenvalue weighted by Crippen LogP contribution is 2.26. The molecule has 0 aromatic heterocycles. The van der Waals surface area contributed by atoms with E-state index in [1.807, 2.05) is 52.8 Å². The monoisotopic (exact) mass is 388 g/mol. The molecule has 146 valence electrons. The van der Waals surface area contributed by atoms with Crippen LogP contribution in [-0.2, 0) is 14.8 Å². The van der Waals surface area contributed by atoms with Gasteiger partial charge in [0, 0.05) is 5.69 Å². The minimum atomic E-state index is -3.64. The maximum Gasteiger partial charge on any atom is 0.248 e. The molecule has 1 N–H and O–H groups in total. The molecule has 5 nitrogen and oxygen atoms in total. The lowest BCUT2D eigenvalue weighted by atomic mass is 10.0. The third-order valence-electron chi connectivity index (χ3n) is 4.47. The molecular formula is C21H28N2O3S. The van der Waals surface area contributed by atoms with E-state index in [1.165, 1.54) is 4.31 Å². The molecule has 1 atom stereocenters. The van der Waals surface area contributed by atoms with Gasteiger partial charge in [-0.1, -0.05) is 23.8 Å². The summed E-state index contributed by atoms with van der Waals surface area (Å²) in [4.78, 5) is 12.9. The Morgan fingerprint density at radius 1 is 0.889 bits per heavy atom. The van der Waals surface area contributed by atoms with Gasteiger partial charge < -0.3 is 5.32 Å². The first kappa shape index (κ1) is 21.0. The predicted molar refractivity (Wildman–Crippen MR) is 112 cm³/mol. The van der Waals surface area contributed by atoms with Crippen molar-refractivity contribution < 1.29 is 13.2 Å². The highest BCUT2D eigenvalue weighted by molar-refractivity contribution is 7.92. The first-order valence-corrected chi connectivity index (χ1v) is 10.7. The van der Waals surface area contributed by atoms with E-state index in [-0.39, 0.29) is 5.91 Å². The van der Waals surface area contributed by atoms with Crippen molar-refractivity contribution in [3.63, 3.8) is 0 Å². The fourth-order valence-corrected chi connectivity index (χ4v) is 4.65. The molecule has 1 amide bonds. The van der Waals surface area contributed by atoms with Crippen LogP contribution < -0.4 is 9.62 Å². The Morgan fingerprint density at radius 2 is 1.33 bits per heavy atom. The molecule has 0 aliphatic heterocycles. The van der Waals surface area contributed by atoms with Crippen LogP contribution in [0.15, 0.2) is 30.3 Å². The molecule has 0 radical (unpaired) electrons. The van der Waals surface area contributed by atoms with Crippen molar-refractivity contribution in [3.8, 4) is 0 Å². The van der Waals surface area contributed by atoms with E-state index in [0.717, 1.165) is 39.8 Å². The van der Waals surface area contributed by atoms with Gasteiger partial charge in [0.1, 0.15) is 6.04 Å². The summed E-state index contributed by atoms with van der Waals surface area (Å²) in [6, 6.07) is 8.62. The molecule has 2 aromatic rings. The molecule has 2 rings (SSSR count). The minimum absolute atomic E-state index is 0.366. The highest BCUT2D eigenvalue weighted by atomic mass is 32.2. The average molecular weight is 389 g/mol. The molecule has 0 spiro atoms. The van der Waals surface area contributed by atoms with Crippen LogP contribution in [0.5, 0.6) is 0 Å². The topological polar surface area (TPSA) is 66.5 Å². The predicted octanol–water partition coefficient (Wildman–Crippen LogP) is 4.02. The molecule has 0 bridgehead atoms. The zero-order valence-electron chi connectivity index (χ0n) is 17.0. The van der Waals surface area contributed by atoms with Crippen LogP contribution in [0.1, 0.15) is 34.7 Å². The van der Waals surface area contributed by atoms with Crippen molar-refractivity contribution in [3.05, 3.63) is 58.1 Å². The second kappa shape index (κ2) is 7.72. The number of nitrogens with zero attached hydrogens (tertiary/aromatic N) is 1. The molecular weight excluding hydrogens is 360 g/mol. The van der Waals surface area contributed by atoms with Gasteiger partial charge in [0.2, 0.25) is 15.9 Å². The summed E-state index contributed by atoms with van der Waals surface area (Å²) in [5.41, 5.74) is 6.12. The van der Waals surface area contributed by atoms with Crippen LogP contribution in [0, 0.1) is 34.6 Å². The van der Waals surface area contributed by atoms with E-state index < -0.39 is 16.1 Å². The molecule has 6 heteroatoms. The van der Waals surface area contributed by atoms with Crippen molar-refractivity contribution in [2.45, 2.75) is 47.6 Å². The fourth-order valence-electron chi connectivity index (χ4n) is 3.49. The Hall–Kier alpha value is -2.34. The Labute approximate surface area is 162 Å². The lowest BCUT2D eigenvalue weighted by Crippen LogP contribution is -2.45. The Bertz CT molecular complexity index is 938. The summed E-state index contributed by atoms with van der Waals surface area (Å²) in [6.07, 6.45) is 1.12. The Balaban J connectivity index is 2.42. The van der Waals surface area contributed by atoms with E-state index >= 15 is 0 Å². The molecule has 0 aliphatic carbocycles. The molecule has 27 heavy (non-hydrogen) atoms. The number of nitrogens with one attached hydrogen (secondary N) is 1. The number of sulfonamides is 1. The molecule has 0 aliphatic rings. The number of carbonyl (C=O) groups excluding carboxylic acids is 1. The van der Waals surface area contributed by atoms with E-state index in [4.69, 9.17) is 0 Å². The van der Waals surface area contributed by atoms with Crippen molar-refractivity contribution in [2.24, 2.45) is 0 Å². The second-order valence-electron chi connectivity index (χ2n) is 7.34. The van der Waals surface area contributed by atoms with Crippen molar-refractivity contribution in [2.75, 3.05) is 15.9 Å². The van der Waals surface area contributed by atoms with Gasteiger partial charge in [0.25, 0.3) is 0 Å². The van der Waals surface area contributed by atoms with Crippen LogP contribution >= 0.6 is 0 Å². The Morgan fingerprint density at radius 3 is 1.78 bits per heavy atom. The van der Waals surface area contributed by atoms with Gasteiger partial charge in [0.15, 0.2) is 0 Å². The SMILES string of the molecule is Cc1cc(C)cc(N(C(C)C(=O)Nc2c(C)cc(C)cc2C)S(C)(=O)=O)c1. The number of rotatable bonds is 5. The minimum Gasteiger partial charge on any atom is -0.324 e. The summed E-state index contributed by atoms with van der Waals surface area (Å²) in [6.45, 7) is 11.3. The molecule has 2 aromatic carbocycles. The number of aryl methyl sites for hydroxylation is 5. The number of anilines is 2. The van der Waals surface area contributed by atoms with Crippen LogP contribution in [-0.4, -0.2) is 26.6 Å². The number of benzene rings is 2. The van der Waals surface area contributed by atoms with Gasteiger partial charge in [-0.05, 0) is 75.9 Å². The van der Waals surface area contributed by atoms with E-state index in [0.29, 0.717) is 5.69 Å². The lowest BCUT2D eigenvalue weighted by molar-refractivity contribution is -0.116. The van der Waals surface area contributed by atoms with Crippen molar-refractivity contribution >= 4 is 27.3 Å². The third-order valence-corrected chi connectivity index (χ3v) is 5.72. The summed E-state index contributed by atoms with van der Waals surface area (Å²) in [5, 5.41) is 2.91. The summed E-state index contributed by atoms with van der Waals surface area (Å²) >= 11 is 0. The van der Waals surface area contributed by atoms with Gasteiger partial charge in [0.05, 0.1) is 11.9 Å². The van der Waals surface area contributed by atoms with Crippen LogP contribution in [0.4, 0.5) is 11.4 Å². The first-order valence-electron chi connectivity index (χ1n) is 8.86. The maximum absolute atomic E-state index is 12.9. The quantitative estimate of drug-likeness (QED) is 0.841. The standard InChI is InChI=1S/C21H28N2O3S/c1-13-8-14(2)12-19(11-13)23(27(7,25)26)18(6)21(24)22-20-16(4)9-15(3)10-17(20)5/h8-12,18H,1-7H3,(H,22,24). The molecule has 0 heterocycles. The lowest BCUT2D eigenvalue weighted by Gasteiger charge is -2.29. The van der Waals surface area contributed by atoms with Crippen molar-refractivity contribution in [1.29, 1.82) is 0 Å². The smallest absolute Gasteiger partial charge is 0.248 e. The largest absolute Gasteiger partial charge is 0.324 e. The van der Waals surface area contributed by atoms with Crippen LogP contribution in [0.2, 0.25) is 0 Å². The molecule has 0 fully saturated rings. The van der Waals surface area contributed by atoms with Gasteiger partial charge in [-0.15, -0.1) is 0 Å². The number of amides is 1. The zero-order valence-corrected chi connectivity index (χ0v) is 17.9. The zero-order chi connectivity index (χ0) is 20.5. The molecule has 0 saturated carbocycles. The summed E-state index contributed by atoms with van der Waals surface area (Å²) in [7, 11) is -3.64. The normalized spacial score (nSPS) is 12.6. The second-order valence-corrected chi connectivity index (χ2v) is 9.20. The van der Waals surface area contributed by atoms with Gasteiger partial charge in [-0.2, -0.15) is 0 Å². The van der Waals surface area contributed by atoms with Gasteiger partial charge >= 0.3 is 0 Å². The number of carbonyl (C=O) groups is 1. The van der Waals surface area contributed by atoms with Gasteiger partial charge in [-0.25, -0.2) is 8.42 Å². The molecule has 1 unspecified atom stereocenters. The summed E-state index contributed by atoms with van der Waals surface area (Å²) in [5.74, 6) is -0.366. The highest BCUT2D eigenvalue weighted by Gasteiger charge is 2.30. The number of hydrogen-bond donors (Lipinski definition) is 1. The maximum atomic E-state index is 12.9. The Kier molecular flexibility index (Phi) is 6.00. The van der Waals surface area contributed by atoms with Crippen LogP contribution in [0.3, 0.4) is 0 Å². The van der Waals surface area contributed by atoms with E-state index in [9.17, 15) is 13.2 Å².